The maximum atomic E-state index is 12.4. The molecule has 0 fully saturated rings. The van der Waals surface area contributed by atoms with E-state index in [0.29, 0.717) is 17.2 Å². The van der Waals surface area contributed by atoms with E-state index in [-0.39, 0.29) is 23.6 Å². The van der Waals surface area contributed by atoms with Crippen molar-refractivity contribution in [2.24, 2.45) is 0 Å². The third kappa shape index (κ3) is 4.58. The van der Waals surface area contributed by atoms with Crippen molar-refractivity contribution in [3.63, 3.8) is 0 Å². The van der Waals surface area contributed by atoms with Gasteiger partial charge in [-0.05, 0) is 35.2 Å². The number of carbonyl (C=O) groups is 1. The van der Waals surface area contributed by atoms with Gasteiger partial charge in [-0.2, -0.15) is 0 Å². The monoisotopic (exact) mass is 390 g/mol. The van der Waals surface area contributed by atoms with Crippen LogP contribution in [0, 0.1) is 0 Å². The second kappa shape index (κ2) is 7.21. The lowest BCUT2D eigenvalue weighted by molar-refractivity contribution is -0.115. The molecule has 2 N–H and O–H groups in total. The molecule has 1 aliphatic heterocycles. The van der Waals surface area contributed by atoms with Gasteiger partial charge in [0.25, 0.3) is 0 Å². The van der Waals surface area contributed by atoms with Gasteiger partial charge < -0.3 is 14.8 Å². The minimum Gasteiger partial charge on any atom is -0.454 e. The standard InChI is InChI=1S/C19H22N2O5S/c1-19(2,3)13-4-7-15(8-5-13)27(23,24)20-11-18(22)21-14-6-9-16-17(10-14)26-12-25-16/h4-10,20H,11-12H2,1-3H3,(H,21,22). The number of ether oxygens (including phenoxy) is 2. The zero-order valence-electron chi connectivity index (χ0n) is 15.4. The van der Waals surface area contributed by atoms with Crippen LogP contribution in [-0.4, -0.2) is 27.7 Å². The van der Waals surface area contributed by atoms with E-state index in [1.54, 1.807) is 42.5 Å². The second-order valence-corrected chi connectivity index (χ2v) is 8.98. The molecule has 1 aliphatic rings. The Kier molecular flexibility index (Phi) is 5.12. The highest BCUT2D eigenvalue weighted by Gasteiger charge is 2.19. The fourth-order valence-corrected chi connectivity index (χ4v) is 3.54. The number of sulfonamides is 1. The van der Waals surface area contributed by atoms with Gasteiger partial charge in [0.1, 0.15) is 0 Å². The van der Waals surface area contributed by atoms with Crippen molar-refractivity contribution >= 4 is 21.6 Å². The lowest BCUT2D eigenvalue weighted by atomic mass is 9.87. The van der Waals surface area contributed by atoms with Crippen molar-refractivity contribution in [3.05, 3.63) is 48.0 Å². The van der Waals surface area contributed by atoms with Crippen LogP contribution in [0.2, 0.25) is 0 Å². The lowest BCUT2D eigenvalue weighted by Crippen LogP contribution is -2.32. The first kappa shape index (κ1) is 19.2. The van der Waals surface area contributed by atoms with Gasteiger partial charge in [-0.25, -0.2) is 13.1 Å². The molecular weight excluding hydrogens is 368 g/mol. The number of amides is 1. The molecule has 0 aliphatic carbocycles. The highest BCUT2D eigenvalue weighted by Crippen LogP contribution is 2.34. The summed E-state index contributed by atoms with van der Waals surface area (Å²) in [5, 5.41) is 2.62. The molecule has 1 heterocycles. The summed E-state index contributed by atoms with van der Waals surface area (Å²) in [5.74, 6) is 0.656. The van der Waals surface area contributed by atoms with Gasteiger partial charge in [0.15, 0.2) is 11.5 Å². The van der Waals surface area contributed by atoms with Gasteiger partial charge in [-0.15, -0.1) is 0 Å². The van der Waals surface area contributed by atoms with Crippen LogP contribution in [0.3, 0.4) is 0 Å². The lowest BCUT2D eigenvalue weighted by Gasteiger charge is -2.19. The van der Waals surface area contributed by atoms with Crippen LogP contribution in [0.5, 0.6) is 11.5 Å². The molecule has 0 bridgehead atoms. The summed E-state index contributed by atoms with van der Waals surface area (Å²) >= 11 is 0. The Morgan fingerprint density at radius 1 is 1.04 bits per heavy atom. The normalized spacial score (nSPS) is 13.4. The summed E-state index contributed by atoms with van der Waals surface area (Å²) in [6.45, 7) is 5.91. The molecule has 8 heteroatoms. The first-order chi connectivity index (χ1) is 12.6. The summed E-state index contributed by atoms with van der Waals surface area (Å²) in [7, 11) is -3.77. The molecule has 144 valence electrons. The number of carbonyl (C=O) groups excluding carboxylic acids is 1. The topological polar surface area (TPSA) is 93.7 Å². The molecule has 1 amide bonds. The summed E-state index contributed by atoms with van der Waals surface area (Å²) in [6, 6.07) is 11.6. The van der Waals surface area contributed by atoms with Crippen LogP contribution in [0.15, 0.2) is 47.4 Å². The van der Waals surface area contributed by atoms with Gasteiger partial charge in [-0.3, -0.25) is 4.79 Å². The molecule has 27 heavy (non-hydrogen) atoms. The SMILES string of the molecule is CC(C)(C)c1ccc(S(=O)(=O)NCC(=O)Nc2ccc3c(c2)OCO3)cc1. The van der Waals surface area contributed by atoms with Gasteiger partial charge in [0, 0.05) is 11.8 Å². The number of fused-ring (bicyclic) bond motifs is 1. The number of hydrogen-bond acceptors (Lipinski definition) is 5. The Labute approximate surface area is 158 Å². The minimum atomic E-state index is -3.77. The number of benzene rings is 2. The number of anilines is 1. The Balaban J connectivity index is 1.60. The molecule has 2 aromatic carbocycles. The second-order valence-electron chi connectivity index (χ2n) is 7.22. The predicted octanol–water partition coefficient (Wildman–Crippen LogP) is 2.63. The minimum absolute atomic E-state index is 0.0692. The van der Waals surface area contributed by atoms with Gasteiger partial charge in [-0.1, -0.05) is 32.9 Å². The van der Waals surface area contributed by atoms with Crippen molar-refractivity contribution in [1.29, 1.82) is 0 Å². The molecule has 0 spiro atoms. The average molecular weight is 390 g/mol. The van der Waals surface area contributed by atoms with E-state index in [1.165, 1.54) is 0 Å². The summed E-state index contributed by atoms with van der Waals surface area (Å²) in [4.78, 5) is 12.2. The van der Waals surface area contributed by atoms with E-state index < -0.39 is 15.9 Å². The van der Waals surface area contributed by atoms with Gasteiger partial charge in [0.2, 0.25) is 22.7 Å². The van der Waals surface area contributed by atoms with Crippen LogP contribution in [0.25, 0.3) is 0 Å². The average Bonchev–Trinajstić information content (AvgIpc) is 3.07. The third-order valence-electron chi connectivity index (χ3n) is 4.11. The quantitative estimate of drug-likeness (QED) is 0.819. The van der Waals surface area contributed by atoms with Crippen molar-refractivity contribution in [2.75, 3.05) is 18.7 Å². The number of hydrogen-bond donors (Lipinski definition) is 2. The number of nitrogens with one attached hydrogen (secondary N) is 2. The summed E-state index contributed by atoms with van der Waals surface area (Å²) in [5.41, 5.74) is 1.46. The third-order valence-corrected chi connectivity index (χ3v) is 5.53. The Morgan fingerprint density at radius 2 is 1.70 bits per heavy atom. The van der Waals surface area contributed by atoms with Crippen LogP contribution in [0.1, 0.15) is 26.3 Å². The molecule has 0 saturated heterocycles. The van der Waals surface area contributed by atoms with Crippen molar-refractivity contribution in [1.82, 2.24) is 4.72 Å². The predicted molar refractivity (Wildman–Crippen MR) is 102 cm³/mol. The maximum absolute atomic E-state index is 12.4. The largest absolute Gasteiger partial charge is 0.454 e. The number of rotatable bonds is 5. The van der Waals surface area contributed by atoms with E-state index in [0.717, 1.165) is 5.56 Å². The van der Waals surface area contributed by atoms with E-state index in [1.807, 2.05) is 0 Å². The van der Waals surface area contributed by atoms with Crippen molar-refractivity contribution in [3.8, 4) is 11.5 Å². The maximum Gasteiger partial charge on any atom is 0.241 e. The summed E-state index contributed by atoms with van der Waals surface area (Å²) < 4.78 is 37.5. The Bertz CT molecular complexity index is 947. The highest BCUT2D eigenvalue weighted by atomic mass is 32.2. The van der Waals surface area contributed by atoms with Crippen LogP contribution < -0.4 is 19.5 Å². The summed E-state index contributed by atoms with van der Waals surface area (Å²) in [6.07, 6.45) is 0. The molecule has 0 saturated carbocycles. The van der Waals surface area contributed by atoms with E-state index in [9.17, 15) is 13.2 Å². The van der Waals surface area contributed by atoms with E-state index in [2.05, 4.69) is 30.8 Å². The first-order valence-electron chi connectivity index (χ1n) is 8.45. The molecule has 7 nitrogen and oxygen atoms in total. The Morgan fingerprint density at radius 3 is 2.37 bits per heavy atom. The molecule has 0 unspecified atom stereocenters. The van der Waals surface area contributed by atoms with Gasteiger partial charge >= 0.3 is 0 Å². The van der Waals surface area contributed by atoms with Crippen molar-refractivity contribution in [2.45, 2.75) is 31.1 Å². The van der Waals surface area contributed by atoms with Crippen LogP contribution in [-0.2, 0) is 20.2 Å². The van der Waals surface area contributed by atoms with E-state index in [4.69, 9.17) is 9.47 Å². The molecule has 0 atom stereocenters. The Hall–Kier alpha value is -2.58. The molecule has 2 aromatic rings. The van der Waals surface area contributed by atoms with Crippen molar-refractivity contribution < 1.29 is 22.7 Å². The zero-order chi connectivity index (χ0) is 19.7. The highest BCUT2D eigenvalue weighted by molar-refractivity contribution is 7.89. The zero-order valence-corrected chi connectivity index (χ0v) is 16.2. The first-order valence-corrected chi connectivity index (χ1v) is 9.93. The molecule has 0 radical (unpaired) electrons. The van der Waals surface area contributed by atoms with Crippen LogP contribution in [0.4, 0.5) is 5.69 Å². The molecule has 3 rings (SSSR count). The fraction of sp³-hybridized carbons (Fsp3) is 0.316. The van der Waals surface area contributed by atoms with Crippen LogP contribution >= 0.6 is 0 Å². The van der Waals surface area contributed by atoms with Gasteiger partial charge in [0.05, 0.1) is 11.4 Å². The smallest absolute Gasteiger partial charge is 0.241 e. The van der Waals surface area contributed by atoms with E-state index >= 15 is 0 Å². The molecular formula is C19H22N2O5S. The fourth-order valence-electron chi connectivity index (χ4n) is 2.56. The molecule has 0 aromatic heterocycles.